The van der Waals surface area contributed by atoms with Crippen LogP contribution in [0.15, 0.2) is 30.7 Å². The Hall–Kier alpha value is -1.75. The van der Waals surface area contributed by atoms with Crippen molar-refractivity contribution in [1.82, 2.24) is 20.0 Å². The third-order valence-corrected chi connectivity index (χ3v) is 2.58. The van der Waals surface area contributed by atoms with Gasteiger partial charge in [-0.2, -0.15) is 0 Å². The Morgan fingerprint density at radius 1 is 1.29 bits per heavy atom. The molecule has 0 aliphatic rings. The van der Waals surface area contributed by atoms with Gasteiger partial charge < -0.3 is 5.73 Å². The Morgan fingerprint density at radius 3 is 3.00 bits per heavy atom. The van der Waals surface area contributed by atoms with Gasteiger partial charge in [0.1, 0.15) is 0 Å². The van der Waals surface area contributed by atoms with E-state index in [-0.39, 0.29) is 0 Å². The van der Waals surface area contributed by atoms with Gasteiger partial charge in [0.05, 0.1) is 5.69 Å². The van der Waals surface area contributed by atoms with Gasteiger partial charge in [-0.15, -0.1) is 5.10 Å². The first-order chi connectivity index (χ1) is 8.38. The van der Waals surface area contributed by atoms with Crippen molar-refractivity contribution in [3.8, 4) is 0 Å². The van der Waals surface area contributed by atoms with Gasteiger partial charge in [0.25, 0.3) is 0 Å². The number of hydrogen-bond donors (Lipinski definition) is 1. The first-order valence-corrected chi connectivity index (χ1v) is 5.86. The van der Waals surface area contributed by atoms with E-state index in [9.17, 15) is 0 Å². The molecule has 2 heterocycles. The van der Waals surface area contributed by atoms with Gasteiger partial charge in [-0.25, -0.2) is 0 Å². The van der Waals surface area contributed by atoms with Crippen molar-refractivity contribution in [3.63, 3.8) is 0 Å². The molecule has 0 aliphatic carbocycles. The van der Waals surface area contributed by atoms with Crippen LogP contribution in [0.4, 0.5) is 0 Å². The molecule has 5 heteroatoms. The molecule has 0 atom stereocenters. The predicted octanol–water partition coefficient (Wildman–Crippen LogP) is 0.807. The molecule has 0 saturated heterocycles. The van der Waals surface area contributed by atoms with Crippen molar-refractivity contribution in [2.24, 2.45) is 5.73 Å². The van der Waals surface area contributed by atoms with Gasteiger partial charge in [0, 0.05) is 25.1 Å². The van der Waals surface area contributed by atoms with Gasteiger partial charge in [-0.1, -0.05) is 11.3 Å². The fourth-order valence-electron chi connectivity index (χ4n) is 1.64. The largest absolute Gasteiger partial charge is 0.330 e. The highest BCUT2D eigenvalue weighted by atomic mass is 15.4. The summed E-state index contributed by atoms with van der Waals surface area (Å²) in [6, 6.07) is 4.02. The van der Waals surface area contributed by atoms with Crippen molar-refractivity contribution in [1.29, 1.82) is 0 Å². The van der Waals surface area contributed by atoms with Crippen molar-refractivity contribution in [2.75, 3.05) is 6.54 Å². The normalized spacial score (nSPS) is 10.6. The van der Waals surface area contributed by atoms with Crippen LogP contribution in [0.2, 0.25) is 0 Å². The molecule has 2 rings (SSSR count). The van der Waals surface area contributed by atoms with Crippen molar-refractivity contribution < 1.29 is 0 Å². The van der Waals surface area contributed by atoms with Crippen molar-refractivity contribution in [3.05, 3.63) is 42.0 Å². The topological polar surface area (TPSA) is 69.6 Å². The molecule has 0 fully saturated rings. The molecule has 0 saturated carbocycles. The van der Waals surface area contributed by atoms with Crippen LogP contribution in [0, 0.1) is 0 Å². The molecule has 0 unspecified atom stereocenters. The minimum atomic E-state index is 0.697. The zero-order valence-corrected chi connectivity index (χ0v) is 9.79. The van der Waals surface area contributed by atoms with Crippen LogP contribution in [0.1, 0.15) is 17.7 Å². The summed E-state index contributed by atoms with van der Waals surface area (Å²) in [7, 11) is 0. The van der Waals surface area contributed by atoms with E-state index in [1.54, 1.807) is 6.20 Å². The molecule has 2 aromatic rings. The zero-order chi connectivity index (χ0) is 11.9. The summed E-state index contributed by atoms with van der Waals surface area (Å²) in [5, 5.41) is 8.20. The highest BCUT2D eigenvalue weighted by molar-refractivity contribution is 5.08. The number of aryl methyl sites for hydroxylation is 3. The van der Waals surface area contributed by atoms with E-state index >= 15 is 0 Å². The predicted molar refractivity (Wildman–Crippen MR) is 65.3 cm³/mol. The van der Waals surface area contributed by atoms with Gasteiger partial charge in [0.2, 0.25) is 0 Å². The summed E-state index contributed by atoms with van der Waals surface area (Å²) in [6.45, 7) is 1.53. The Morgan fingerprint density at radius 2 is 2.24 bits per heavy atom. The lowest BCUT2D eigenvalue weighted by molar-refractivity contribution is 0.588. The van der Waals surface area contributed by atoms with E-state index in [0.29, 0.717) is 6.54 Å². The molecule has 17 heavy (non-hydrogen) atoms. The fraction of sp³-hybridized carbons (Fsp3) is 0.417. The second kappa shape index (κ2) is 6.10. The summed E-state index contributed by atoms with van der Waals surface area (Å²) in [6.07, 6.45) is 8.44. The van der Waals surface area contributed by atoms with Gasteiger partial charge in [0.15, 0.2) is 0 Å². The van der Waals surface area contributed by atoms with E-state index < -0.39 is 0 Å². The van der Waals surface area contributed by atoms with E-state index in [0.717, 1.165) is 31.5 Å². The zero-order valence-electron chi connectivity index (χ0n) is 9.79. The van der Waals surface area contributed by atoms with Gasteiger partial charge in [-0.05, 0) is 37.4 Å². The first-order valence-electron chi connectivity index (χ1n) is 5.86. The molecule has 0 amide bonds. The average molecular weight is 231 g/mol. The summed E-state index contributed by atoms with van der Waals surface area (Å²) in [5.74, 6) is 0. The number of aromatic nitrogens is 4. The highest BCUT2D eigenvalue weighted by Gasteiger charge is 2.00. The number of nitrogens with two attached hydrogens (primary N) is 1. The number of pyridine rings is 1. The van der Waals surface area contributed by atoms with Crippen LogP contribution >= 0.6 is 0 Å². The molecule has 90 valence electrons. The molecule has 0 aliphatic heterocycles. The lowest BCUT2D eigenvalue weighted by atomic mass is 10.2. The molecule has 5 nitrogen and oxygen atoms in total. The van der Waals surface area contributed by atoms with Crippen molar-refractivity contribution in [2.45, 2.75) is 25.8 Å². The molecule has 0 radical (unpaired) electrons. The Kier molecular flexibility index (Phi) is 4.21. The van der Waals surface area contributed by atoms with Gasteiger partial charge >= 0.3 is 0 Å². The minimum absolute atomic E-state index is 0.697. The molecule has 0 spiro atoms. The summed E-state index contributed by atoms with van der Waals surface area (Å²) in [5.41, 5.74) is 7.69. The van der Waals surface area contributed by atoms with E-state index in [4.69, 9.17) is 5.73 Å². The Labute approximate surface area is 101 Å². The standard InChI is InChI=1S/C12H17N5/c13-6-1-4-12-10-17(16-15-12)8-5-11-3-2-7-14-9-11/h2-3,7,9-10H,1,4-6,8,13H2. The monoisotopic (exact) mass is 231 g/mol. The van der Waals surface area contributed by atoms with Crippen LogP contribution in [0.3, 0.4) is 0 Å². The fourth-order valence-corrected chi connectivity index (χ4v) is 1.64. The highest BCUT2D eigenvalue weighted by Crippen LogP contribution is 2.01. The Balaban J connectivity index is 1.85. The second-order valence-electron chi connectivity index (χ2n) is 3.98. The molecular weight excluding hydrogens is 214 g/mol. The summed E-state index contributed by atoms with van der Waals surface area (Å²) < 4.78 is 1.87. The van der Waals surface area contributed by atoms with Crippen molar-refractivity contribution >= 4 is 0 Å². The van der Waals surface area contributed by atoms with Crippen LogP contribution in [0.5, 0.6) is 0 Å². The van der Waals surface area contributed by atoms with E-state index in [1.807, 2.05) is 23.1 Å². The van der Waals surface area contributed by atoms with Crippen LogP contribution in [0.25, 0.3) is 0 Å². The van der Waals surface area contributed by atoms with Gasteiger partial charge in [-0.3, -0.25) is 9.67 Å². The summed E-state index contributed by atoms with van der Waals surface area (Å²) >= 11 is 0. The maximum Gasteiger partial charge on any atom is 0.0827 e. The summed E-state index contributed by atoms with van der Waals surface area (Å²) in [4.78, 5) is 4.08. The maximum absolute atomic E-state index is 5.46. The van der Waals surface area contributed by atoms with E-state index in [1.165, 1.54) is 5.56 Å². The lowest BCUT2D eigenvalue weighted by Gasteiger charge is -1.99. The molecule has 0 bridgehead atoms. The minimum Gasteiger partial charge on any atom is -0.330 e. The average Bonchev–Trinajstić information content (AvgIpc) is 2.83. The van der Waals surface area contributed by atoms with E-state index in [2.05, 4.69) is 21.4 Å². The third-order valence-electron chi connectivity index (χ3n) is 2.58. The quantitative estimate of drug-likeness (QED) is 0.798. The SMILES string of the molecule is NCCCc1cn(CCc2cccnc2)nn1. The number of nitrogens with zero attached hydrogens (tertiary/aromatic N) is 4. The van der Waals surface area contributed by atoms with Crippen LogP contribution < -0.4 is 5.73 Å². The molecular formula is C12H17N5. The molecule has 2 N–H and O–H groups in total. The number of hydrogen-bond acceptors (Lipinski definition) is 4. The third kappa shape index (κ3) is 3.64. The van der Waals surface area contributed by atoms with Crippen LogP contribution in [-0.2, 0) is 19.4 Å². The Bertz CT molecular complexity index is 437. The maximum atomic E-state index is 5.46. The van der Waals surface area contributed by atoms with Crippen LogP contribution in [-0.4, -0.2) is 26.5 Å². The number of rotatable bonds is 6. The molecule has 2 aromatic heterocycles. The second-order valence-corrected chi connectivity index (χ2v) is 3.98. The first kappa shape index (κ1) is 11.7. The smallest absolute Gasteiger partial charge is 0.0827 e. The lowest BCUT2D eigenvalue weighted by Crippen LogP contribution is -2.02. The molecule has 0 aromatic carbocycles.